The van der Waals surface area contributed by atoms with Crippen LogP contribution >= 0.6 is 0 Å². The highest BCUT2D eigenvalue weighted by atomic mass is 28.4. The molecule has 0 spiro atoms. The van der Waals surface area contributed by atoms with Crippen LogP contribution < -0.4 is 14.9 Å². The lowest BCUT2D eigenvalue weighted by Gasteiger charge is -2.36. The molecule has 21 heavy (non-hydrogen) atoms. The summed E-state index contributed by atoms with van der Waals surface area (Å²) in [4.78, 5) is 10.8. The molecule has 0 radical (unpaired) electrons. The average molecular weight is 307 g/mol. The van der Waals surface area contributed by atoms with E-state index in [4.69, 9.17) is 14.9 Å². The zero-order chi connectivity index (χ0) is 16.3. The summed E-state index contributed by atoms with van der Waals surface area (Å²) in [5.41, 5.74) is 5.97. The first kappa shape index (κ1) is 17.3. The van der Waals surface area contributed by atoms with Crippen LogP contribution in [0.1, 0.15) is 26.3 Å². The second kappa shape index (κ2) is 6.35. The van der Waals surface area contributed by atoms with E-state index in [1.807, 2.05) is 18.2 Å². The van der Waals surface area contributed by atoms with E-state index in [9.17, 15) is 4.79 Å². The van der Waals surface area contributed by atoms with Crippen molar-refractivity contribution in [1.82, 2.24) is 0 Å². The molecule has 0 unspecified atom stereocenters. The van der Waals surface area contributed by atoms with E-state index in [1.54, 1.807) is 13.2 Å². The Bertz CT molecular complexity index is 545. The number of primary amides is 1. The Hall–Kier alpha value is -1.75. The minimum absolute atomic E-state index is 0.0943. The van der Waals surface area contributed by atoms with E-state index in [2.05, 4.69) is 33.9 Å². The van der Waals surface area contributed by atoms with E-state index >= 15 is 0 Å². The van der Waals surface area contributed by atoms with Crippen LogP contribution in [-0.4, -0.2) is 21.3 Å². The maximum atomic E-state index is 10.8. The molecule has 2 N–H and O–H groups in total. The normalized spacial score (nSPS) is 12.5. The Labute approximate surface area is 128 Å². The Balaban J connectivity index is 3.15. The molecule has 0 atom stereocenters. The fraction of sp³-hybridized carbons (Fsp3) is 0.438. The maximum Gasteiger partial charge on any atom is 0.250 e. The molecule has 0 aromatic heterocycles. The Morgan fingerprint density at radius 1 is 1.24 bits per heavy atom. The fourth-order valence-corrected chi connectivity index (χ4v) is 2.50. The molecule has 0 aliphatic heterocycles. The summed E-state index contributed by atoms with van der Waals surface area (Å²) in [6.07, 6.45) is 3.00. The van der Waals surface area contributed by atoms with E-state index < -0.39 is 14.2 Å². The summed E-state index contributed by atoms with van der Waals surface area (Å²) in [6, 6.07) is 5.57. The highest BCUT2D eigenvalue weighted by Crippen LogP contribution is 2.40. The maximum absolute atomic E-state index is 10.8. The summed E-state index contributed by atoms with van der Waals surface area (Å²) >= 11 is 0. The van der Waals surface area contributed by atoms with E-state index in [0.29, 0.717) is 11.5 Å². The number of carbonyl (C=O) groups excluding carboxylic acids is 1. The van der Waals surface area contributed by atoms with Crippen LogP contribution in [0, 0.1) is 0 Å². The minimum atomic E-state index is -1.96. The first-order chi connectivity index (χ1) is 9.56. The summed E-state index contributed by atoms with van der Waals surface area (Å²) in [5.74, 6) is 0.921. The van der Waals surface area contributed by atoms with Gasteiger partial charge in [0.1, 0.15) is 5.75 Å². The van der Waals surface area contributed by atoms with Crippen molar-refractivity contribution >= 4 is 20.3 Å². The summed E-state index contributed by atoms with van der Waals surface area (Å²) in [6.45, 7) is 10.9. The number of hydrogen-bond donors (Lipinski definition) is 1. The fourth-order valence-electron chi connectivity index (χ4n) is 1.48. The molecule has 1 amide bonds. The van der Waals surface area contributed by atoms with Gasteiger partial charge in [0, 0.05) is 6.08 Å². The molecule has 0 bridgehead atoms. The number of amides is 1. The zero-order valence-corrected chi connectivity index (χ0v) is 14.7. The van der Waals surface area contributed by atoms with Gasteiger partial charge < -0.3 is 14.9 Å². The topological polar surface area (TPSA) is 61.5 Å². The average Bonchev–Trinajstić information content (AvgIpc) is 2.34. The SMILES string of the molecule is COc1ccc(/C=C/C(N)=O)cc1O[Si](C)(C)C(C)(C)C. The Morgan fingerprint density at radius 3 is 2.33 bits per heavy atom. The third-order valence-electron chi connectivity index (χ3n) is 3.80. The van der Waals surface area contributed by atoms with Gasteiger partial charge in [0.05, 0.1) is 7.11 Å². The molecule has 0 heterocycles. The number of benzene rings is 1. The Kier molecular flexibility index (Phi) is 5.23. The molecule has 0 saturated carbocycles. The van der Waals surface area contributed by atoms with Crippen LogP contribution in [0.2, 0.25) is 18.1 Å². The summed E-state index contributed by atoms with van der Waals surface area (Å²) < 4.78 is 11.7. The molecule has 1 aromatic carbocycles. The van der Waals surface area contributed by atoms with Gasteiger partial charge in [-0.3, -0.25) is 4.79 Å². The Morgan fingerprint density at radius 2 is 1.86 bits per heavy atom. The molecular weight excluding hydrogens is 282 g/mol. The van der Waals surface area contributed by atoms with E-state index in [-0.39, 0.29) is 5.04 Å². The first-order valence-electron chi connectivity index (χ1n) is 6.91. The van der Waals surface area contributed by atoms with Crippen LogP contribution in [-0.2, 0) is 4.79 Å². The number of carbonyl (C=O) groups is 1. The van der Waals surface area contributed by atoms with Gasteiger partial charge in [0.25, 0.3) is 8.32 Å². The largest absolute Gasteiger partial charge is 0.541 e. The molecule has 0 aliphatic carbocycles. The molecule has 1 aromatic rings. The molecule has 1 rings (SSSR count). The van der Waals surface area contributed by atoms with Crippen molar-refractivity contribution in [3.8, 4) is 11.5 Å². The van der Waals surface area contributed by atoms with Crippen LogP contribution in [0.25, 0.3) is 6.08 Å². The van der Waals surface area contributed by atoms with Crippen LogP contribution in [0.4, 0.5) is 0 Å². The number of nitrogens with two attached hydrogens (primary N) is 1. The third kappa shape index (κ3) is 4.63. The van der Waals surface area contributed by atoms with Crippen molar-refractivity contribution in [3.63, 3.8) is 0 Å². The van der Waals surface area contributed by atoms with Gasteiger partial charge in [-0.15, -0.1) is 0 Å². The van der Waals surface area contributed by atoms with Crippen molar-refractivity contribution < 1.29 is 14.0 Å². The van der Waals surface area contributed by atoms with E-state index in [0.717, 1.165) is 5.56 Å². The van der Waals surface area contributed by atoms with Gasteiger partial charge in [-0.25, -0.2) is 0 Å². The second-order valence-electron chi connectivity index (χ2n) is 6.51. The van der Waals surface area contributed by atoms with Crippen molar-refractivity contribution in [2.45, 2.75) is 38.9 Å². The second-order valence-corrected chi connectivity index (χ2v) is 11.2. The molecule has 0 saturated heterocycles. The van der Waals surface area contributed by atoms with Gasteiger partial charge in [-0.05, 0) is 41.9 Å². The highest BCUT2D eigenvalue weighted by Gasteiger charge is 2.39. The lowest BCUT2D eigenvalue weighted by molar-refractivity contribution is -0.113. The van der Waals surface area contributed by atoms with Gasteiger partial charge in [-0.2, -0.15) is 0 Å². The predicted molar refractivity (Wildman–Crippen MR) is 89.0 cm³/mol. The van der Waals surface area contributed by atoms with Gasteiger partial charge in [0.15, 0.2) is 5.75 Å². The summed E-state index contributed by atoms with van der Waals surface area (Å²) in [7, 11) is -0.339. The quantitative estimate of drug-likeness (QED) is 0.668. The van der Waals surface area contributed by atoms with E-state index in [1.165, 1.54) is 6.08 Å². The predicted octanol–water partition coefficient (Wildman–Crippen LogP) is 3.58. The molecule has 5 heteroatoms. The van der Waals surface area contributed by atoms with Crippen molar-refractivity contribution in [2.24, 2.45) is 5.73 Å². The van der Waals surface area contributed by atoms with Gasteiger partial charge in [0.2, 0.25) is 5.91 Å². The minimum Gasteiger partial charge on any atom is -0.541 e. The number of hydrogen-bond acceptors (Lipinski definition) is 3. The van der Waals surface area contributed by atoms with Crippen LogP contribution in [0.5, 0.6) is 11.5 Å². The summed E-state index contributed by atoms with van der Waals surface area (Å²) in [5, 5.41) is 0.0943. The van der Waals surface area contributed by atoms with Crippen molar-refractivity contribution in [3.05, 3.63) is 29.8 Å². The number of methoxy groups -OCH3 is 1. The zero-order valence-electron chi connectivity index (χ0n) is 13.7. The smallest absolute Gasteiger partial charge is 0.250 e. The highest BCUT2D eigenvalue weighted by molar-refractivity contribution is 6.74. The molecular formula is C16H25NO3Si. The van der Waals surface area contributed by atoms with Crippen molar-refractivity contribution in [1.29, 1.82) is 0 Å². The lowest BCUT2D eigenvalue weighted by Crippen LogP contribution is -2.43. The monoisotopic (exact) mass is 307 g/mol. The number of ether oxygens (including phenoxy) is 1. The number of rotatable bonds is 5. The molecule has 116 valence electrons. The van der Waals surface area contributed by atoms with Gasteiger partial charge >= 0.3 is 0 Å². The molecule has 4 nitrogen and oxygen atoms in total. The molecule has 0 aliphatic rings. The van der Waals surface area contributed by atoms with Crippen molar-refractivity contribution in [2.75, 3.05) is 7.11 Å². The first-order valence-corrected chi connectivity index (χ1v) is 9.82. The standard InChI is InChI=1S/C16H25NO3Si/c1-16(2,3)21(5,6)20-14-11-12(8-10-15(17)18)7-9-13(14)19-4/h7-11H,1-6H3,(H2,17,18)/b10-8+. The van der Waals surface area contributed by atoms with Crippen LogP contribution in [0.3, 0.4) is 0 Å². The lowest BCUT2D eigenvalue weighted by atomic mass is 10.2. The van der Waals surface area contributed by atoms with Crippen LogP contribution in [0.15, 0.2) is 24.3 Å². The third-order valence-corrected chi connectivity index (χ3v) is 8.14. The van der Waals surface area contributed by atoms with Gasteiger partial charge in [-0.1, -0.05) is 26.8 Å². The molecule has 0 fully saturated rings.